The van der Waals surface area contributed by atoms with E-state index in [-0.39, 0.29) is 11.8 Å². The van der Waals surface area contributed by atoms with Gasteiger partial charge in [0.2, 0.25) is 0 Å². The van der Waals surface area contributed by atoms with Gasteiger partial charge in [0.15, 0.2) is 0 Å². The molecule has 2 heterocycles. The van der Waals surface area contributed by atoms with Gasteiger partial charge in [0.1, 0.15) is 5.82 Å². The summed E-state index contributed by atoms with van der Waals surface area (Å²) in [5.41, 5.74) is 0.589. The quantitative estimate of drug-likeness (QED) is 0.862. The monoisotopic (exact) mass is 347 g/mol. The summed E-state index contributed by atoms with van der Waals surface area (Å²) in [6.07, 6.45) is 2.37. The van der Waals surface area contributed by atoms with Gasteiger partial charge in [0.05, 0.1) is 0 Å². The summed E-state index contributed by atoms with van der Waals surface area (Å²) in [5.74, 6) is 0.378. The van der Waals surface area contributed by atoms with Gasteiger partial charge in [-0.1, -0.05) is 6.07 Å². The van der Waals surface area contributed by atoms with Crippen LogP contribution in [0, 0.1) is 5.82 Å². The molecule has 1 fully saturated rings. The van der Waals surface area contributed by atoms with Crippen LogP contribution in [0.5, 0.6) is 0 Å². The molecule has 0 radical (unpaired) electrons. The highest BCUT2D eigenvalue weighted by Crippen LogP contribution is 2.30. The third-order valence-electron chi connectivity index (χ3n) is 4.35. The van der Waals surface area contributed by atoms with Crippen LogP contribution in [0.2, 0.25) is 0 Å². The fourth-order valence-corrected chi connectivity index (χ4v) is 3.90. The molecule has 0 aliphatic carbocycles. The number of carbonyl (C=O) groups is 1. The number of halogens is 1. The number of carbonyl (C=O) groups excluding carboxylic acids is 1. The number of urea groups is 1. The number of amides is 2. The van der Waals surface area contributed by atoms with Crippen LogP contribution in [0.3, 0.4) is 0 Å². The minimum absolute atomic E-state index is 0.255. The second-order valence-corrected chi connectivity index (χ2v) is 7.00. The zero-order valence-corrected chi connectivity index (χ0v) is 14.3. The normalized spacial score (nSPS) is 16.0. The topological polar surface area (TPSA) is 44.4 Å². The number of likely N-dealkylation sites (tertiary alicyclic amines) is 1. The average molecular weight is 347 g/mol. The Morgan fingerprint density at radius 3 is 2.62 bits per heavy atom. The maximum Gasteiger partial charge on any atom is 0.319 e. The first-order chi connectivity index (χ1) is 11.7. The van der Waals surface area contributed by atoms with E-state index < -0.39 is 0 Å². The molecule has 2 amide bonds. The Morgan fingerprint density at radius 1 is 1.21 bits per heavy atom. The fourth-order valence-electron chi connectivity index (χ4n) is 3.00. The van der Waals surface area contributed by atoms with E-state index in [4.69, 9.17) is 0 Å². The average Bonchev–Trinajstić information content (AvgIpc) is 3.12. The van der Waals surface area contributed by atoms with Crippen LogP contribution in [-0.4, -0.2) is 37.1 Å². The number of nitrogens with zero attached hydrogens (tertiary/aromatic N) is 1. The summed E-state index contributed by atoms with van der Waals surface area (Å²) in [5, 5.41) is 7.69. The van der Waals surface area contributed by atoms with E-state index in [1.807, 2.05) is 11.3 Å². The Kier molecular flexibility index (Phi) is 5.82. The summed E-state index contributed by atoms with van der Waals surface area (Å²) < 4.78 is 12.8. The molecule has 0 atom stereocenters. The van der Waals surface area contributed by atoms with Gasteiger partial charge in [-0.15, -0.1) is 11.3 Å². The van der Waals surface area contributed by atoms with Crippen molar-refractivity contribution in [3.05, 3.63) is 52.5 Å². The van der Waals surface area contributed by atoms with Crippen molar-refractivity contribution in [2.75, 3.05) is 31.5 Å². The number of hydrogen-bond acceptors (Lipinski definition) is 3. The zero-order chi connectivity index (χ0) is 16.8. The molecular weight excluding hydrogens is 325 g/mol. The van der Waals surface area contributed by atoms with Crippen LogP contribution in [0.4, 0.5) is 14.9 Å². The molecular formula is C18H22FN3OS. The van der Waals surface area contributed by atoms with Gasteiger partial charge in [-0.3, -0.25) is 0 Å². The second-order valence-electron chi connectivity index (χ2n) is 6.02. The van der Waals surface area contributed by atoms with Crippen molar-refractivity contribution >= 4 is 23.1 Å². The number of anilines is 1. The van der Waals surface area contributed by atoms with E-state index in [1.165, 1.54) is 29.9 Å². The lowest BCUT2D eigenvalue weighted by Gasteiger charge is -2.31. The van der Waals surface area contributed by atoms with Gasteiger partial charge in [0.25, 0.3) is 0 Å². The molecule has 1 aromatic heterocycles. The molecule has 1 saturated heterocycles. The molecule has 0 unspecified atom stereocenters. The van der Waals surface area contributed by atoms with Crippen molar-refractivity contribution in [3.63, 3.8) is 0 Å². The largest absolute Gasteiger partial charge is 0.337 e. The molecule has 0 bridgehead atoms. The van der Waals surface area contributed by atoms with Crippen molar-refractivity contribution in [2.24, 2.45) is 0 Å². The highest BCUT2D eigenvalue weighted by Gasteiger charge is 2.20. The Labute approximate surface area is 145 Å². The first kappa shape index (κ1) is 16.9. The number of nitrogens with one attached hydrogen (secondary N) is 2. The Morgan fingerprint density at radius 2 is 1.96 bits per heavy atom. The lowest BCUT2D eigenvalue weighted by atomic mass is 9.95. The van der Waals surface area contributed by atoms with Crippen LogP contribution in [0.25, 0.3) is 0 Å². The molecule has 0 saturated carbocycles. The maximum atomic E-state index is 12.8. The maximum absolute atomic E-state index is 12.8. The lowest BCUT2D eigenvalue weighted by Crippen LogP contribution is -2.40. The van der Waals surface area contributed by atoms with Crippen molar-refractivity contribution in [3.8, 4) is 0 Å². The van der Waals surface area contributed by atoms with Crippen LogP contribution in [-0.2, 0) is 0 Å². The van der Waals surface area contributed by atoms with Crippen LogP contribution in [0.15, 0.2) is 41.8 Å². The highest BCUT2D eigenvalue weighted by molar-refractivity contribution is 7.10. The molecule has 1 aliphatic rings. The van der Waals surface area contributed by atoms with E-state index in [0.29, 0.717) is 18.2 Å². The standard InChI is InChI=1S/C18H22FN3OS/c19-15-3-5-16(6-4-15)21-18(23)20-9-12-22-10-7-14(8-11-22)17-2-1-13-24-17/h1-6,13-14H,7-12H2,(H2,20,21,23). The Balaban J connectivity index is 1.33. The van der Waals surface area contributed by atoms with Gasteiger partial charge in [-0.05, 0) is 67.6 Å². The van der Waals surface area contributed by atoms with E-state index in [9.17, 15) is 9.18 Å². The van der Waals surface area contributed by atoms with Gasteiger partial charge in [-0.25, -0.2) is 9.18 Å². The second kappa shape index (κ2) is 8.26. The molecule has 0 spiro atoms. The molecule has 1 aromatic carbocycles. The summed E-state index contributed by atoms with van der Waals surface area (Å²) in [6, 6.07) is 9.84. The summed E-state index contributed by atoms with van der Waals surface area (Å²) in [6.45, 7) is 3.61. The number of thiophene rings is 1. The third kappa shape index (κ3) is 4.79. The Hall–Kier alpha value is -1.92. The summed E-state index contributed by atoms with van der Waals surface area (Å²) >= 11 is 1.85. The molecule has 2 aromatic rings. The fraction of sp³-hybridized carbons (Fsp3) is 0.389. The molecule has 3 rings (SSSR count). The molecule has 128 valence electrons. The first-order valence-electron chi connectivity index (χ1n) is 8.27. The van der Waals surface area contributed by atoms with Crippen LogP contribution >= 0.6 is 11.3 Å². The van der Waals surface area contributed by atoms with Gasteiger partial charge < -0.3 is 15.5 Å². The minimum Gasteiger partial charge on any atom is -0.337 e. The van der Waals surface area contributed by atoms with Gasteiger partial charge in [0, 0.05) is 23.7 Å². The number of piperidine rings is 1. The minimum atomic E-state index is -0.313. The van der Waals surface area contributed by atoms with Gasteiger partial charge >= 0.3 is 6.03 Å². The van der Waals surface area contributed by atoms with Crippen molar-refractivity contribution in [1.29, 1.82) is 0 Å². The first-order valence-corrected chi connectivity index (χ1v) is 9.15. The zero-order valence-electron chi connectivity index (χ0n) is 13.5. The molecule has 24 heavy (non-hydrogen) atoms. The predicted octanol–water partition coefficient (Wildman–Crippen LogP) is 3.89. The third-order valence-corrected chi connectivity index (χ3v) is 5.38. The van der Waals surface area contributed by atoms with Crippen LogP contribution < -0.4 is 10.6 Å². The molecule has 4 nitrogen and oxygen atoms in total. The van der Waals surface area contributed by atoms with Crippen molar-refractivity contribution < 1.29 is 9.18 Å². The molecule has 1 aliphatic heterocycles. The summed E-state index contributed by atoms with van der Waals surface area (Å²) in [7, 11) is 0. The van der Waals surface area contributed by atoms with E-state index in [0.717, 1.165) is 19.6 Å². The molecule has 2 N–H and O–H groups in total. The van der Waals surface area contributed by atoms with Crippen LogP contribution in [0.1, 0.15) is 23.6 Å². The van der Waals surface area contributed by atoms with E-state index in [2.05, 4.69) is 33.0 Å². The summed E-state index contributed by atoms with van der Waals surface area (Å²) in [4.78, 5) is 15.7. The predicted molar refractivity (Wildman–Crippen MR) is 96.2 cm³/mol. The lowest BCUT2D eigenvalue weighted by molar-refractivity contribution is 0.212. The number of hydrogen-bond donors (Lipinski definition) is 2. The van der Waals surface area contributed by atoms with Crippen molar-refractivity contribution in [2.45, 2.75) is 18.8 Å². The van der Waals surface area contributed by atoms with Gasteiger partial charge in [-0.2, -0.15) is 0 Å². The Bertz CT molecular complexity index is 637. The van der Waals surface area contributed by atoms with Crippen molar-refractivity contribution in [1.82, 2.24) is 10.2 Å². The number of benzene rings is 1. The van der Waals surface area contributed by atoms with E-state index in [1.54, 1.807) is 12.1 Å². The smallest absolute Gasteiger partial charge is 0.319 e. The highest BCUT2D eigenvalue weighted by atomic mass is 32.1. The van der Waals surface area contributed by atoms with E-state index >= 15 is 0 Å². The SMILES string of the molecule is O=C(NCCN1CCC(c2cccs2)CC1)Nc1ccc(F)cc1. The number of rotatable bonds is 5. The molecule has 6 heteroatoms.